The number of fused-ring (bicyclic) bond motifs is 1. The Morgan fingerprint density at radius 3 is 2.55 bits per heavy atom. The average Bonchev–Trinajstić information content (AvgIpc) is 2.77. The van der Waals surface area contributed by atoms with Crippen LogP contribution in [0, 0.1) is 5.41 Å². The zero-order valence-electron chi connectivity index (χ0n) is 10.8. The highest BCUT2D eigenvalue weighted by atomic mass is 35.5. The molecule has 0 aliphatic carbocycles. The van der Waals surface area contributed by atoms with Gasteiger partial charge in [0.2, 0.25) is 0 Å². The van der Waals surface area contributed by atoms with E-state index >= 15 is 0 Å². The van der Waals surface area contributed by atoms with Gasteiger partial charge < -0.3 is 4.90 Å². The zero-order chi connectivity index (χ0) is 14.1. The van der Waals surface area contributed by atoms with Gasteiger partial charge in [-0.3, -0.25) is 10.2 Å². The fraction of sp³-hybridized carbons (Fsp3) is 0.125. The van der Waals surface area contributed by atoms with Crippen molar-refractivity contribution < 1.29 is 4.79 Å². The summed E-state index contributed by atoms with van der Waals surface area (Å²) in [5.41, 5.74) is 2.64. The first-order valence-electron chi connectivity index (χ1n) is 6.35. The molecule has 0 radical (unpaired) electrons. The summed E-state index contributed by atoms with van der Waals surface area (Å²) in [5.74, 6) is 0.419. The van der Waals surface area contributed by atoms with E-state index in [0.29, 0.717) is 23.0 Å². The van der Waals surface area contributed by atoms with Gasteiger partial charge in [-0.1, -0.05) is 35.9 Å². The Balaban J connectivity index is 1.75. The minimum atomic E-state index is -0.000720. The lowest BCUT2D eigenvalue weighted by molar-refractivity contribution is 0.0962. The fourth-order valence-electron chi connectivity index (χ4n) is 2.38. The highest BCUT2D eigenvalue weighted by molar-refractivity contribution is 6.30. The molecule has 1 N–H and O–H groups in total. The molecule has 1 aliphatic rings. The van der Waals surface area contributed by atoms with E-state index in [1.54, 1.807) is 29.2 Å². The van der Waals surface area contributed by atoms with Gasteiger partial charge in [-0.05, 0) is 29.8 Å². The van der Waals surface area contributed by atoms with Crippen LogP contribution in [-0.2, 0) is 6.54 Å². The minimum absolute atomic E-state index is 0.000720. The van der Waals surface area contributed by atoms with Crippen LogP contribution in [0.25, 0.3) is 0 Å². The van der Waals surface area contributed by atoms with Gasteiger partial charge in [0.05, 0.1) is 6.54 Å². The van der Waals surface area contributed by atoms with Crippen molar-refractivity contribution >= 4 is 23.2 Å². The second-order valence-electron chi connectivity index (χ2n) is 4.79. The number of halogens is 1. The van der Waals surface area contributed by atoms with Crippen LogP contribution < -0.4 is 0 Å². The molecule has 3 rings (SSSR count). The van der Waals surface area contributed by atoms with Crippen LogP contribution in [0.5, 0.6) is 0 Å². The molecule has 0 bridgehead atoms. The van der Waals surface area contributed by atoms with E-state index in [2.05, 4.69) is 0 Å². The van der Waals surface area contributed by atoms with E-state index in [1.807, 2.05) is 24.3 Å². The molecule has 4 heteroatoms. The van der Waals surface area contributed by atoms with Gasteiger partial charge in [0, 0.05) is 22.7 Å². The number of rotatable bonds is 3. The lowest BCUT2D eigenvalue weighted by Gasteiger charge is -2.16. The lowest BCUT2D eigenvalue weighted by Crippen LogP contribution is -2.30. The number of amidine groups is 1. The van der Waals surface area contributed by atoms with E-state index in [0.717, 1.165) is 11.1 Å². The standard InChI is InChI=1S/C16H13ClN2O/c17-13-7-5-11(6-8-13)15(20)10-19-9-12-3-1-2-4-14(12)16(19)18/h1-8,18H,9-10H2. The first-order valence-corrected chi connectivity index (χ1v) is 6.73. The molecule has 20 heavy (non-hydrogen) atoms. The van der Waals surface area contributed by atoms with Crippen molar-refractivity contribution in [3.8, 4) is 0 Å². The Hall–Kier alpha value is -2.13. The van der Waals surface area contributed by atoms with Crippen molar-refractivity contribution in [3.63, 3.8) is 0 Å². The summed E-state index contributed by atoms with van der Waals surface area (Å²) in [7, 11) is 0. The van der Waals surface area contributed by atoms with Gasteiger partial charge >= 0.3 is 0 Å². The van der Waals surface area contributed by atoms with Crippen LogP contribution >= 0.6 is 11.6 Å². The zero-order valence-corrected chi connectivity index (χ0v) is 11.5. The minimum Gasteiger partial charge on any atom is -0.345 e. The molecule has 0 fully saturated rings. The summed E-state index contributed by atoms with van der Waals surface area (Å²) in [6.07, 6.45) is 0. The molecule has 0 amide bonds. The Labute approximate surface area is 122 Å². The van der Waals surface area contributed by atoms with Crippen molar-refractivity contribution in [2.45, 2.75) is 6.54 Å². The van der Waals surface area contributed by atoms with Crippen molar-refractivity contribution in [1.29, 1.82) is 5.41 Å². The molecule has 0 spiro atoms. The highest BCUT2D eigenvalue weighted by Crippen LogP contribution is 2.22. The normalized spacial score (nSPS) is 13.4. The summed E-state index contributed by atoms with van der Waals surface area (Å²) < 4.78 is 0. The number of Topliss-reactive ketones (excluding diaryl/α,β-unsaturated/α-hetero) is 1. The van der Waals surface area contributed by atoms with E-state index < -0.39 is 0 Å². The van der Waals surface area contributed by atoms with Gasteiger partial charge in [-0.2, -0.15) is 0 Å². The molecular weight excluding hydrogens is 272 g/mol. The van der Waals surface area contributed by atoms with Gasteiger partial charge in [0.25, 0.3) is 0 Å². The average molecular weight is 285 g/mol. The Kier molecular flexibility index (Phi) is 3.28. The maximum Gasteiger partial charge on any atom is 0.182 e. The van der Waals surface area contributed by atoms with E-state index in [-0.39, 0.29) is 12.3 Å². The molecule has 1 aliphatic heterocycles. The largest absolute Gasteiger partial charge is 0.345 e. The third-order valence-electron chi connectivity index (χ3n) is 3.45. The number of hydrogen-bond acceptors (Lipinski definition) is 2. The Bertz CT molecular complexity index is 679. The van der Waals surface area contributed by atoms with E-state index in [1.165, 1.54) is 0 Å². The van der Waals surface area contributed by atoms with Gasteiger partial charge in [-0.25, -0.2) is 0 Å². The SMILES string of the molecule is N=C1c2ccccc2CN1CC(=O)c1ccc(Cl)cc1. The number of carbonyl (C=O) groups is 1. The summed E-state index contributed by atoms with van der Waals surface area (Å²) >= 11 is 5.81. The molecule has 0 saturated heterocycles. The third kappa shape index (κ3) is 2.32. The summed E-state index contributed by atoms with van der Waals surface area (Å²) in [6.45, 7) is 0.837. The topological polar surface area (TPSA) is 44.2 Å². The Morgan fingerprint density at radius 2 is 1.85 bits per heavy atom. The monoisotopic (exact) mass is 284 g/mol. The van der Waals surface area contributed by atoms with Crippen LogP contribution in [0.1, 0.15) is 21.5 Å². The number of hydrogen-bond donors (Lipinski definition) is 1. The smallest absolute Gasteiger partial charge is 0.182 e. The summed E-state index contributed by atoms with van der Waals surface area (Å²) in [5, 5.41) is 8.74. The quantitative estimate of drug-likeness (QED) is 0.878. The molecule has 1 heterocycles. The van der Waals surface area contributed by atoms with Crippen molar-refractivity contribution in [1.82, 2.24) is 4.90 Å². The molecule has 2 aromatic carbocycles. The van der Waals surface area contributed by atoms with Crippen LogP contribution in [0.2, 0.25) is 5.02 Å². The first kappa shape index (κ1) is 12.9. The highest BCUT2D eigenvalue weighted by Gasteiger charge is 2.25. The predicted octanol–water partition coefficient (Wildman–Crippen LogP) is 3.36. The molecular formula is C16H13ClN2O. The second kappa shape index (κ2) is 5.10. The second-order valence-corrected chi connectivity index (χ2v) is 5.23. The van der Waals surface area contributed by atoms with Crippen molar-refractivity contribution in [3.05, 3.63) is 70.2 Å². The molecule has 2 aromatic rings. The molecule has 100 valence electrons. The van der Waals surface area contributed by atoms with Crippen LogP contribution in [-0.4, -0.2) is 23.1 Å². The molecule has 0 unspecified atom stereocenters. The van der Waals surface area contributed by atoms with E-state index in [9.17, 15) is 4.79 Å². The lowest BCUT2D eigenvalue weighted by atomic mass is 10.1. The molecule has 0 aromatic heterocycles. The fourth-order valence-corrected chi connectivity index (χ4v) is 2.51. The number of benzene rings is 2. The number of carbonyl (C=O) groups excluding carboxylic acids is 1. The maximum atomic E-state index is 12.2. The first-order chi connectivity index (χ1) is 9.65. The summed E-state index contributed by atoms with van der Waals surface area (Å²) in [6, 6.07) is 14.6. The Morgan fingerprint density at radius 1 is 1.15 bits per heavy atom. The van der Waals surface area contributed by atoms with E-state index in [4.69, 9.17) is 17.0 Å². The van der Waals surface area contributed by atoms with Crippen molar-refractivity contribution in [2.24, 2.45) is 0 Å². The van der Waals surface area contributed by atoms with Crippen LogP contribution in [0.4, 0.5) is 0 Å². The van der Waals surface area contributed by atoms with Crippen LogP contribution in [0.15, 0.2) is 48.5 Å². The van der Waals surface area contributed by atoms with Gasteiger partial charge in [0.1, 0.15) is 5.84 Å². The number of nitrogens with one attached hydrogen (secondary N) is 1. The third-order valence-corrected chi connectivity index (χ3v) is 3.70. The summed E-state index contributed by atoms with van der Waals surface area (Å²) in [4.78, 5) is 14.0. The molecule has 0 atom stereocenters. The molecule has 3 nitrogen and oxygen atoms in total. The van der Waals surface area contributed by atoms with Gasteiger partial charge in [0.15, 0.2) is 5.78 Å². The number of nitrogens with zero attached hydrogens (tertiary/aromatic N) is 1. The number of ketones is 1. The van der Waals surface area contributed by atoms with Crippen LogP contribution in [0.3, 0.4) is 0 Å². The molecule has 0 saturated carbocycles. The van der Waals surface area contributed by atoms with Crippen molar-refractivity contribution in [2.75, 3.05) is 6.54 Å². The maximum absolute atomic E-state index is 12.2. The van der Waals surface area contributed by atoms with Gasteiger partial charge in [-0.15, -0.1) is 0 Å². The predicted molar refractivity (Wildman–Crippen MR) is 79.5 cm³/mol.